The molecule has 1 fully saturated rings. The number of carbonyl (C=O) groups excluding carboxylic acids is 2. The molecular formula is C35H48F2N4O4. The minimum Gasteiger partial charge on any atom is -0.433 e. The SMILES string of the molecule is CC.CC.CCC(c1nc2ccc(C#CC3CCN(C(=O)C(C)(C)O)CC3)cc2n1-c1c(C=O)cccc1OC(F)F)N(C)C. The van der Waals surface area contributed by atoms with Crippen LogP contribution in [0.25, 0.3) is 16.7 Å². The first-order valence-electron chi connectivity index (χ1n) is 15.7. The van der Waals surface area contributed by atoms with Crippen LogP contribution in [0.5, 0.6) is 5.75 Å². The number of fused-ring (bicyclic) bond motifs is 1. The molecule has 3 aromatic rings. The number of ether oxygens (including phenoxy) is 1. The van der Waals surface area contributed by atoms with Gasteiger partial charge in [-0.05, 0) is 77.5 Å². The number of likely N-dealkylation sites (tertiary alicyclic amines) is 1. The molecule has 4 rings (SSSR count). The fourth-order valence-corrected chi connectivity index (χ4v) is 5.27. The molecule has 1 atom stereocenters. The van der Waals surface area contributed by atoms with E-state index in [-0.39, 0.29) is 34.9 Å². The van der Waals surface area contributed by atoms with Crippen LogP contribution >= 0.6 is 0 Å². The zero-order chi connectivity index (χ0) is 33.9. The topological polar surface area (TPSA) is 87.9 Å². The molecule has 0 saturated carbocycles. The highest BCUT2D eigenvalue weighted by Gasteiger charge is 2.32. The van der Waals surface area contributed by atoms with Gasteiger partial charge in [0.2, 0.25) is 0 Å². The molecule has 2 aromatic carbocycles. The number of rotatable bonds is 8. The number of carbonyl (C=O) groups is 2. The van der Waals surface area contributed by atoms with Crippen molar-refractivity contribution in [2.24, 2.45) is 5.92 Å². The quantitative estimate of drug-likeness (QED) is 0.217. The van der Waals surface area contributed by atoms with Crippen LogP contribution in [0.3, 0.4) is 0 Å². The predicted octanol–water partition coefficient (Wildman–Crippen LogP) is 6.87. The Morgan fingerprint density at radius 2 is 1.80 bits per heavy atom. The smallest absolute Gasteiger partial charge is 0.387 e. The maximum Gasteiger partial charge on any atom is 0.387 e. The molecule has 1 amide bonds. The minimum absolute atomic E-state index is 0.0806. The summed E-state index contributed by atoms with van der Waals surface area (Å²) in [6.45, 7) is 11.0. The molecule has 1 unspecified atom stereocenters. The standard InChI is InChI=1S/C31H36F2N4O4.2C2H6/c1-6-24(35(4)5)28-34-23-13-12-21(11-10-20-14-16-36(17-15-20)29(39)31(2,3)40)18-25(23)37(28)27-22(19-38)8-7-9-26(27)41-30(32)33;2*1-2/h7-9,12-13,18-20,24,30,40H,6,14-17H2,1-5H3;2*1-2H3. The van der Waals surface area contributed by atoms with Crippen LogP contribution in [0, 0.1) is 17.8 Å². The molecule has 1 aromatic heterocycles. The van der Waals surface area contributed by atoms with Crippen LogP contribution in [0.2, 0.25) is 0 Å². The third kappa shape index (κ3) is 9.12. The van der Waals surface area contributed by atoms with Crippen molar-refractivity contribution in [3.63, 3.8) is 0 Å². The van der Waals surface area contributed by atoms with Crippen molar-refractivity contribution in [2.75, 3.05) is 27.2 Å². The van der Waals surface area contributed by atoms with E-state index in [1.165, 1.54) is 26.0 Å². The summed E-state index contributed by atoms with van der Waals surface area (Å²) < 4.78 is 33.4. The first kappa shape index (κ1) is 37.4. The Kier molecular flexibility index (Phi) is 14.2. The number of halogens is 2. The van der Waals surface area contributed by atoms with Gasteiger partial charge in [-0.2, -0.15) is 8.78 Å². The van der Waals surface area contributed by atoms with Gasteiger partial charge in [-0.3, -0.25) is 19.1 Å². The second-order valence-corrected chi connectivity index (χ2v) is 11.0. The zero-order valence-electron chi connectivity index (χ0n) is 28.0. The first-order chi connectivity index (χ1) is 21.4. The molecule has 1 aliphatic rings. The zero-order valence-corrected chi connectivity index (χ0v) is 28.0. The highest BCUT2D eigenvalue weighted by atomic mass is 19.3. The summed E-state index contributed by atoms with van der Waals surface area (Å²) in [6.07, 6.45) is 2.70. The Bertz CT molecular complexity index is 1480. The minimum atomic E-state index is -3.07. The van der Waals surface area contributed by atoms with Crippen molar-refractivity contribution >= 4 is 23.2 Å². The number of aldehydes is 1. The summed E-state index contributed by atoms with van der Waals surface area (Å²) in [5.74, 6) is 6.81. The van der Waals surface area contributed by atoms with Gasteiger partial charge in [0.25, 0.3) is 5.91 Å². The maximum atomic E-state index is 13.4. The van der Waals surface area contributed by atoms with Crippen molar-refractivity contribution in [3.05, 3.63) is 53.3 Å². The lowest BCUT2D eigenvalue weighted by molar-refractivity contribution is -0.149. The molecule has 246 valence electrons. The third-order valence-corrected chi connectivity index (χ3v) is 7.31. The number of hydrogen-bond acceptors (Lipinski definition) is 6. The number of piperidine rings is 1. The van der Waals surface area contributed by atoms with Gasteiger partial charge in [0, 0.05) is 30.1 Å². The summed E-state index contributed by atoms with van der Waals surface area (Å²) in [6, 6.07) is 9.86. The highest BCUT2D eigenvalue weighted by Crippen LogP contribution is 2.36. The summed E-state index contributed by atoms with van der Waals surface area (Å²) in [7, 11) is 3.83. The molecule has 0 spiro atoms. The van der Waals surface area contributed by atoms with Gasteiger partial charge in [-0.1, -0.05) is 52.5 Å². The van der Waals surface area contributed by atoms with E-state index in [1.54, 1.807) is 15.5 Å². The molecular weight excluding hydrogens is 578 g/mol. The molecule has 1 aliphatic heterocycles. The van der Waals surface area contributed by atoms with E-state index >= 15 is 0 Å². The van der Waals surface area contributed by atoms with E-state index in [0.717, 1.165) is 0 Å². The van der Waals surface area contributed by atoms with Crippen LogP contribution in [0.15, 0.2) is 36.4 Å². The van der Waals surface area contributed by atoms with E-state index in [2.05, 4.69) is 11.8 Å². The molecule has 1 saturated heterocycles. The number of imidazole rings is 1. The highest BCUT2D eigenvalue weighted by molar-refractivity contribution is 5.88. The number of para-hydroxylation sites is 1. The second kappa shape index (κ2) is 17.0. The van der Waals surface area contributed by atoms with Gasteiger partial charge in [-0.15, -0.1) is 0 Å². The molecule has 0 aliphatic carbocycles. The number of amides is 1. The number of alkyl halides is 2. The normalized spacial score (nSPS) is 14.1. The fraction of sp³-hybridized carbons (Fsp3) is 0.514. The monoisotopic (exact) mass is 626 g/mol. The van der Waals surface area contributed by atoms with Crippen molar-refractivity contribution in [2.45, 2.75) is 86.0 Å². The summed E-state index contributed by atoms with van der Waals surface area (Å²) in [5, 5.41) is 10.0. The molecule has 10 heteroatoms. The molecule has 45 heavy (non-hydrogen) atoms. The fourth-order valence-electron chi connectivity index (χ4n) is 5.27. The number of aromatic nitrogens is 2. The van der Waals surface area contributed by atoms with Gasteiger partial charge >= 0.3 is 6.61 Å². The maximum absolute atomic E-state index is 13.4. The Balaban J connectivity index is 0.00000169. The van der Waals surface area contributed by atoms with Crippen LogP contribution in [-0.2, 0) is 4.79 Å². The molecule has 8 nitrogen and oxygen atoms in total. The largest absolute Gasteiger partial charge is 0.433 e. The van der Waals surface area contributed by atoms with Crippen LogP contribution in [-0.4, -0.2) is 76.0 Å². The number of hydrogen-bond donors (Lipinski definition) is 1. The molecule has 0 bridgehead atoms. The number of aliphatic hydroxyl groups is 1. The van der Waals surface area contributed by atoms with Gasteiger partial charge in [0.15, 0.2) is 12.0 Å². The lowest BCUT2D eigenvalue weighted by atomic mass is 9.95. The number of benzene rings is 2. The van der Waals surface area contributed by atoms with E-state index in [9.17, 15) is 23.5 Å². The lowest BCUT2D eigenvalue weighted by Crippen LogP contribution is -2.48. The van der Waals surface area contributed by atoms with E-state index in [4.69, 9.17) is 9.72 Å². The van der Waals surface area contributed by atoms with Gasteiger partial charge in [-0.25, -0.2) is 4.98 Å². The van der Waals surface area contributed by atoms with Gasteiger partial charge in [0.05, 0.1) is 17.1 Å². The van der Waals surface area contributed by atoms with Crippen LogP contribution < -0.4 is 4.74 Å². The predicted molar refractivity (Wildman–Crippen MR) is 175 cm³/mol. The van der Waals surface area contributed by atoms with Crippen LogP contribution in [0.4, 0.5) is 8.78 Å². The Morgan fingerprint density at radius 3 is 2.33 bits per heavy atom. The van der Waals surface area contributed by atoms with Crippen molar-refractivity contribution in [1.82, 2.24) is 19.4 Å². The summed E-state index contributed by atoms with van der Waals surface area (Å²) >= 11 is 0. The Labute approximate surface area is 266 Å². The lowest BCUT2D eigenvalue weighted by Gasteiger charge is -2.33. The van der Waals surface area contributed by atoms with Crippen molar-refractivity contribution in [1.29, 1.82) is 0 Å². The average molecular weight is 627 g/mol. The van der Waals surface area contributed by atoms with Crippen LogP contribution in [0.1, 0.15) is 95.5 Å². The van der Waals surface area contributed by atoms with Gasteiger partial charge in [0.1, 0.15) is 17.1 Å². The van der Waals surface area contributed by atoms with Crippen molar-refractivity contribution < 1.29 is 28.2 Å². The van der Waals surface area contributed by atoms with E-state index in [0.29, 0.717) is 61.1 Å². The van der Waals surface area contributed by atoms with E-state index < -0.39 is 12.2 Å². The molecule has 2 heterocycles. The van der Waals surface area contributed by atoms with Crippen molar-refractivity contribution in [3.8, 4) is 23.3 Å². The second-order valence-electron chi connectivity index (χ2n) is 11.0. The summed E-state index contributed by atoms with van der Waals surface area (Å²) in [5.41, 5.74) is 0.953. The summed E-state index contributed by atoms with van der Waals surface area (Å²) in [4.78, 5) is 33.0. The third-order valence-electron chi connectivity index (χ3n) is 7.31. The Morgan fingerprint density at radius 1 is 1.16 bits per heavy atom. The molecule has 0 radical (unpaired) electrons. The number of nitrogens with zero attached hydrogens (tertiary/aromatic N) is 4. The van der Waals surface area contributed by atoms with Gasteiger partial charge < -0.3 is 14.7 Å². The average Bonchev–Trinajstić information content (AvgIpc) is 3.38. The first-order valence-corrected chi connectivity index (χ1v) is 15.7. The molecule has 1 N–H and O–H groups in total. The Hall–Kier alpha value is -3.81. The van der Waals surface area contributed by atoms with E-state index in [1.807, 2.05) is 71.8 Å².